The number of carbonyl (C=O) groups is 2. The summed E-state index contributed by atoms with van der Waals surface area (Å²) in [7, 11) is 0. The molecule has 1 aliphatic carbocycles. The van der Waals surface area contributed by atoms with Gasteiger partial charge in [-0.1, -0.05) is 56.3 Å². The molecule has 0 aromatic heterocycles. The molecule has 4 rings (SSSR count). The predicted molar refractivity (Wildman–Crippen MR) is 108 cm³/mol. The third kappa shape index (κ3) is 2.91. The first-order chi connectivity index (χ1) is 12.8. The lowest BCUT2D eigenvalue weighted by molar-refractivity contribution is -0.118. The first kappa shape index (κ1) is 17.7. The van der Waals surface area contributed by atoms with Crippen molar-refractivity contribution >= 4 is 22.3 Å². The van der Waals surface area contributed by atoms with Gasteiger partial charge in [-0.3, -0.25) is 9.59 Å². The lowest BCUT2D eigenvalue weighted by Gasteiger charge is -2.39. The molecular weight excluding hydrogens is 334 g/mol. The molecule has 2 aromatic carbocycles. The van der Waals surface area contributed by atoms with Gasteiger partial charge in [0, 0.05) is 34.9 Å². The van der Waals surface area contributed by atoms with Crippen molar-refractivity contribution in [3.05, 3.63) is 70.6 Å². The fourth-order valence-electron chi connectivity index (χ4n) is 4.72. The minimum Gasteiger partial charge on any atom is -0.362 e. The second-order valence-electron chi connectivity index (χ2n) is 8.55. The lowest BCUT2D eigenvalue weighted by Crippen LogP contribution is -2.38. The molecule has 0 saturated heterocycles. The number of carbonyl (C=O) groups excluding carboxylic acids is 2. The molecule has 3 heteroatoms. The van der Waals surface area contributed by atoms with Crippen molar-refractivity contribution in [3.63, 3.8) is 0 Å². The van der Waals surface area contributed by atoms with Gasteiger partial charge in [0.15, 0.2) is 11.6 Å². The molecule has 27 heavy (non-hydrogen) atoms. The number of dihydropyridines is 1. The fourth-order valence-corrected chi connectivity index (χ4v) is 4.72. The number of Topliss-reactive ketones (excluding diaryl/α,β-unsaturated/α-hetero) is 2. The maximum atomic E-state index is 13.2. The van der Waals surface area contributed by atoms with E-state index in [-0.39, 0.29) is 22.9 Å². The van der Waals surface area contributed by atoms with E-state index in [2.05, 4.69) is 43.4 Å². The Morgan fingerprint density at radius 3 is 2.52 bits per heavy atom. The van der Waals surface area contributed by atoms with Crippen molar-refractivity contribution in [1.29, 1.82) is 0 Å². The van der Waals surface area contributed by atoms with Crippen LogP contribution in [0.5, 0.6) is 0 Å². The molecule has 1 aliphatic heterocycles. The van der Waals surface area contributed by atoms with Crippen molar-refractivity contribution in [2.75, 3.05) is 0 Å². The van der Waals surface area contributed by atoms with E-state index in [1.54, 1.807) is 6.92 Å². The Morgan fingerprint density at radius 1 is 1.07 bits per heavy atom. The summed E-state index contributed by atoms with van der Waals surface area (Å²) >= 11 is 0. The van der Waals surface area contributed by atoms with E-state index in [1.807, 2.05) is 25.1 Å². The van der Waals surface area contributed by atoms with Crippen molar-refractivity contribution in [3.8, 4) is 0 Å². The van der Waals surface area contributed by atoms with Gasteiger partial charge in [0.2, 0.25) is 0 Å². The van der Waals surface area contributed by atoms with Crippen LogP contribution in [-0.2, 0) is 9.59 Å². The molecule has 0 radical (unpaired) electrons. The number of benzene rings is 2. The highest BCUT2D eigenvalue weighted by Gasteiger charge is 2.42. The summed E-state index contributed by atoms with van der Waals surface area (Å²) in [6, 6.07) is 14.3. The largest absolute Gasteiger partial charge is 0.362 e. The van der Waals surface area contributed by atoms with Gasteiger partial charge in [-0.15, -0.1) is 0 Å². The van der Waals surface area contributed by atoms with Crippen LogP contribution in [-0.4, -0.2) is 11.6 Å². The summed E-state index contributed by atoms with van der Waals surface area (Å²) in [6.45, 7) is 7.80. The van der Waals surface area contributed by atoms with Crippen LogP contribution in [0.4, 0.5) is 0 Å². The zero-order valence-corrected chi connectivity index (χ0v) is 16.3. The number of rotatable bonds is 2. The Labute approximate surface area is 160 Å². The smallest absolute Gasteiger partial charge is 0.162 e. The number of nitrogens with one attached hydrogen (secondary N) is 1. The minimum atomic E-state index is -0.298. The molecule has 1 unspecified atom stereocenters. The SMILES string of the molecule is CC(=O)C1=C(C)NC2=C(C(=O)CC(C)(C)C2)C1c1cccc2ccccc12. The van der Waals surface area contributed by atoms with Gasteiger partial charge in [-0.2, -0.15) is 0 Å². The molecule has 0 bridgehead atoms. The third-order valence-corrected chi connectivity index (χ3v) is 5.75. The maximum Gasteiger partial charge on any atom is 0.162 e. The number of hydrogen-bond acceptors (Lipinski definition) is 3. The van der Waals surface area contributed by atoms with Crippen molar-refractivity contribution in [2.24, 2.45) is 5.41 Å². The van der Waals surface area contributed by atoms with Crippen molar-refractivity contribution in [1.82, 2.24) is 5.32 Å². The Bertz CT molecular complexity index is 1030. The molecule has 3 nitrogen and oxygen atoms in total. The van der Waals surface area contributed by atoms with Gasteiger partial charge in [0.25, 0.3) is 0 Å². The van der Waals surface area contributed by atoms with Gasteiger partial charge in [0.05, 0.1) is 0 Å². The van der Waals surface area contributed by atoms with E-state index in [0.717, 1.165) is 39.7 Å². The zero-order valence-electron chi connectivity index (χ0n) is 16.3. The summed E-state index contributed by atoms with van der Waals surface area (Å²) in [4.78, 5) is 25.8. The van der Waals surface area contributed by atoms with Crippen LogP contribution < -0.4 is 5.32 Å². The quantitative estimate of drug-likeness (QED) is 0.818. The summed E-state index contributed by atoms with van der Waals surface area (Å²) in [6.07, 6.45) is 1.33. The summed E-state index contributed by atoms with van der Waals surface area (Å²) < 4.78 is 0. The molecule has 0 spiro atoms. The molecular formula is C24H25NO2. The van der Waals surface area contributed by atoms with Crippen LogP contribution >= 0.6 is 0 Å². The monoisotopic (exact) mass is 359 g/mol. The summed E-state index contributed by atoms with van der Waals surface area (Å²) in [5, 5.41) is 5.63. The second kappa shape index (κ2) is 6.19. The van der Waals surface area contributed by atoms with Gasteiger partial charge < -0.3 is 5.32 Å². The molecule has 0 saturated carbocycles. The van der Waals surface area contributed by atoms with E-state index in [1.165, 1.54) is 0 Å². The zero-order chi connectivity index (χ0) is 19.3. The first-order valence-electron chi connectivity index (χ1n) is 9.51. The second-order valence-corrected chi connectivity index (χ2v) is 8.55. The highest BCUT2D eigenvalue weighted by molar-refractivity contribution is 6.06. The van der Waals surface area contributed by atoms with Crippen LogP contribution in [0.15, 0.2) is 65.0 Å². The lowest BCUT2D eigenvalue weighted by atomic mass is 9.67. The van der Waals surface area contributed by atoms with Crippen LogP contribution in [0.25, 0.3) is 10.8 Å². The molecule has 1 heterocycles. The van der Waals surface area contributed by atoms with E-state index >= 15 is 0 Å². The summed E-state index contributed by atoms with van der Waals surface area (Å²) in [5.74, 6) is -0.131. The molecule has 0 amide bonds. The van der Waals surface area contributed by atoms with E-state index in [9.17, 15) is 9.59 Å². The normalized spacial score (nSPS) is 21.9. The predicted octanol–water partition coefficient (Wildman–Crippen LogP) is 5.03. The molecule has 2 aromatic rings. The molecule has 1 N–H and O–H groups in total. The highest BCUT2D eigenvalue weighted by Crippen LogP contribution is 2.47. The van der Waals surface area contributed by atoms with Gasteiger partial charge >= 0.3 is 0 Å². The van der Waals surface area contributed by atoms with E-state index in [4.69, 9.17) is 0 Å². The van der Waals surface area contributed by atoms with Crippen LogP contribution in [0.1, 0.15) is 52.0 Å². The first-order valence-corrected chi connectivity index (χ1v) is 9.51. The molecule has 1 atom stereocenters. The Balaban J connectivity index is 2.01. The average Bonchev–Trinajstić information content (AvgIpc) is 2.58. The Hall–Kier alpha value is -2.68. The molecule has 2 aliphatic rings. The average molecular weight is 359 g/mol. The third-order valence-electron chi connectivity index (χ3n) is 5.75. The number of ketones is 2. The van der Waals surface area contributed by atoms with Crippen LogP contribution in [0, 0.1) is 5.41 Å². The van der Waals surface area contributed by atoms with Crippen LogP contribution in [0.3, 0.4) is 0 Å². The Kier molecular flexibility index (Phi) is 4.06. The number of fused-ring (bicyclic) bond motifs is 1. The highest BCUT2D eigenvalue weighted by atomic mass is 16.1. The standard InChI is InChI=1S/C24H25NO2/c1-14-21(15(2)26)22(18-11-7-9-16-8-5-6-10-17(16)18)23-19(25-14)12-24(3,4)13-20(23)27/h5-11,22,25H,12-13H2,1-4H3. The van der Waals surface area contributed by atoms with Crippen molar-refractivity contribution < 1.29 is 9.59 Å². The topological polar surface area (TPSA) is 46.2 Å². The molecule has 138 valence electrons. The number of allylic oxidation sites excluding steroid dienone is 4. The Morgan fingerprint density at radius 2 is 1.78 bits per heavy atom. The summed E-state index contributed by atoms with van der Waals surface area (Å²) in [5.41, 5.74) is 4.31. The van der Waals surface area contributed by atoms with E-state index < -0.39 is 0 Å². The van der Waals surface area contributed by atoms with Crippen LogP contribution in [0.2, 0.25) is 0 Å². The van der Waals surface area contributed by atoms with E-state index in [0.29, 0.717) is 12.0 Å². The number of hydrogen-bond donors (Lipinski definition) is 1. The fraction of sp³-hybridized carbons (Fsp3) is 0.333. The van der Waals surface area contributed by atoms with Gasteiger partial charge in [-0.25, -0.2) is 0 Å². The maximum absolute atomic E-state index is 13.2. The molecule has 0 fully saturated rings. The van der Waals surface area contributed by atoms with Gasteiger partial charge in [-0.05, 0) is 42.0 Å². The minimum absolute atomic E-state index is 0.0158. The van der Waals surface area contributed by atoms with Gasteiger partial charge in [0.1, 0.15) is 0 Å². The van der Waals surface area contributed by atoms with Crippen molar-refractivity contribution in [2.45, 2.75) is 46.5 Å².